The SMILES string of the molecule is CN(C)CCNC(=O)C1(Cc2ccc(-c3ccc(F)c(F)c3)cc2)CCOCC1. The predicted octanol–water partition coefficient (Wildman–Crippen LogP) is 3.65. The minimum atomic E-state index is -0.859. The van der Waals surface area contributed by atoms with Crippen LogP contribution in [0.3, 0.4) is 0 Å². The van der Waals surface area contributed by atoms with Crippen LogP contribution in [-0.2, 0) is 16.0 Å². The van der Waals surface area contributed by atoms with E-state index in [-0.39, 0.29) is 5.91 Å². The van der Waals surface area contributed by atoms with Crippen molar-refractivity contribution >= 4 is 5.91 Å². The Hall–Kier alpha value is -2.31. The van der Waals surface area contributed by atoms with Gasteiger partial charge in [-0.3, -0.25) is 4.79 Å². The molecule has 2 aromatic carbocycles. The van der Waals surface area contributed by atoms with Gasteiger partial charge in [0, 0.05) is 26.3 Å². The number of amides is 1. The maximum atomic E-state index is 13.5. The maximum Gasteiger partial charge on any atom is 0.226 e. The van der Waals surface area contributed by atoms with E-state index in [9.17, 15) is 13.6 Å². The fourth-order valence-electron chi connectivity index (χ4n) is 3.71. The Bertz CT molecular complexity index is 831. The van der Waals surface area contributed by atoms with E-state index < -0.39 is 17.0 Å². The van der Waals surface area contributed by atoms with Gasteiger partial charge in [-0.15, -0.1) is 0 Å². The largest absolute Gasteiger partial charge is 0.381 e. The first-order chi connectivity index (χ1) is 13.9. The van der Waals surface area contributed by atoms with Crippen LogP contribution in [0.5, 0.6) is 0 Å². The van der Waals surface area contributed by atoms with Crippen molar-refractivity contribution < 1.29 is 18.3 Å². The van der Waals surface area contributed by atoms with Gasteiger partial charge in [0.1, 0.15) is 0 Å². The highest BCUT2D eigenvalue weighted by Crippen LogP contribution is 2.35. The zero-order chi connectivity index (χ0) is 20.9. The molecule has 0 saturated carbocycles. The van der Waals surface area contributed by atoms with E-state index in [0.29, 0.717) is 44.6 Å². The average Bonchev–Trinajstić information content (AvgIpc) is 2.71. The number of hydrogen-bond acceptors (Lipinski definition) is 3. The number of likely N-dealkylation sites (N-methyl/N-ethyl adjacent to an activating group) is 1. The van der Waals surface area contributed by atoms with Gasteiger partial charge in [-0.1, -0.05) is 30.3 Å². The average molecular weight is 402 g/mol. The normalized spacial score (nSPS) is 16.0. The van der Waals surface area contributed by atoms with Gasteiger partial charge in [0.2, 0.25) is 5.91 Å². The predicted molar refractivity (Wildman–Crippen MR) is 110 cm³/mol. The summed E-state index contributed by atoms with van der Waals surface area (Å²) in [6.45, 7) is 2.56. The Kier molecular flexibility index (Phi) is 6.98. The zero-order valence-corrected chi connectivity index (χ0v) is 17.0. The number of benzene rings is 2. The van der Waals surface area contributed by atoms with Crippen molar-refractivity contribution in [2.45, 2.75) is 19.3 Å². The number of hydrogen-bond donors (Lipinski definition) is 1. The molecule has 0 atom stereocenters. The fourth-order valence-corrected chi connectivity index (χ4v) is 3.71. The van der Waals surface area contributed by atoms with Crippen LogP contribution in [0.1, 0.15) is 18.4 Å². The summed E-state index contributed by atoms with van der Waals surface area (Å²) < 4.78 is 32.2. The molecule has 0 bridgehead atoms. The summed E-state index contributed by atoms with van der Waals surface area (Å²) in [5.74, 6) is -1.64. The highest BCUT2D eigenvalue weighted by atomic mass is 19.2. The maximum absolute atomic E-state index is 13.5. The summed E-state index contributed by atoms with van der Waals surface area (Å²) >= 11 is 0. The van der Waals surface area contributed by atoms with Crippen molar-refractivity contribution in [2.75, 3.05) is 40.4 Å². The lowest BCUT2D eigenvalue weighted by Crippen LogP contribution is -2.47. The van der Waals surface area contributed by atoms with Crippen LogP contribution in [0.4, 0.5) is 8.78 Å². The smallest absolute Gasteiger partial charge is 0.226 e. The van der Waals surface area contributed by atoms with Crippen molar-refractivity contribution in [3.05, 3.63) is 59.7 Å². The molecule has 1 aliphatic rings. The Morgan fingerprint density at radius 2 is 1.69 bits per heavy atom. The Labute approximate surface area is 170 Å². The van der Waals surface area contributed by atoms with Crippen LogP contribution in [0.25, 0.3) is 11.1 Å². The first-order valence-electron chi connectivity index (χ1n) is 9.95. The molecule has 1 aliphatic heterocycles. The topological polar surface area (TPSA) is 41.6 Å². The molecule has 0 unspecified atom stereocenters. The molecule has 4 nitrogen and oxygen atoms in total. The van der Waals surface area contributed by atoms with E-state index in [1.54, 1.807) is 6.07 Å². The van der Waals surface area contributed by atoms with Gasteiger partial charge >= 0.3 is 0 Å². The molecule has 0 aromatic heterocycles. The van der Waals surface area contributed by atoms with Crippen molar-refractivity contribution in [1.29, 1.82) is 0 Å². The third-order valence-corrected chi connectivity index (χ3v) is 5.53. The van der Waals surface area contributed by atoms with Gasteiger partial charge in [-0.2, -0.15) is 0 Å². The molecule has 3 rings (SSSR count). The van der Waals surface area contributed by atoms with Gasteiger partial charge in [-0.05, 0) is 62.2 Å². The van der Waals surface area contributed by atoms with Crippen LogP contribution in [0, 0.1) is 17.0 Å². The van der Waals surface area contributed by atoms with Gasteiger partial charge in [0.05, 0.1) is 5.41 Å². The van der Waals surface area contributed by atoms with E-state index in [1.807, 2.05) is 43.3 Å². The fraction of sp³-hybridized carbons (Fsp3) is 0.435. The Morgan fingerprint density at radius 3 is 2.31 bits per heavy atom. The lowest BCUT2D eigenvalue weighted by Gasteiger charge is -2.36. The van der Waals surface area contributed by atoms with E-state index in [2.05, 4.69) is 5.32 Å². The van der Waals surface area contributed by atoms with E-state index in [0.717, 1.165) is 23.7 Å². The highest BCUT2D eigenvalue weighted by molar-refractivity contribution is 5.83. The summed E-state index contributed by atoms with van der Waals surface area (Å²) in [6, 6.07) is 11.6. The van der Waals surface area contributed by atoms with E-state index in [1.165, 1.54) is 6.07 Å². The van der Waals surface area contributed by atoms with Crippen molar-refractivity contribution in [1.82, 2.24) is 10.2 Å². The highest BCUT2D eigenvalue weighted by Gasteiger charge is 2.39. The number of halogens is 2. The molecule has 0 aliphatic carbocycles. The molecular formula is C23H28F2N2O2. The van der Waals surface area contributed by atoms with Crippen LogP contribution >= 0.6 is 0 Å². The number of carbonyl (C=O) groups is 1. The Balaban J connectivity index is 1.73. The lowest BCUT2D eigenvalue weighted by molar-refractivity contribution is -0.136. The number of carbonyl (C=O) groups excluding carboxylic acids is 1. The molecule has 0 radical (unpaired) electrons. The first-order valence-corrected chi connectivity index (χ1v) is 9.95. The minimum absolute atomic E-state index is 0.0762. The van der Waals surface area contributed by atoms with E-state index >= 15 is 0 Å². The minimum Gasteiger partial charge on any atom is -0.381 e. The van der Waals surface area contributed by atoms with Gasteiger partial charge in [0.25, 0.3) is 0 Å². The first kappa shape index (κ1) is 21.4. The zero-order valence-electron chi connectivity index (χ0n) is 17.0. The van der Waals surface area contributed by atoms with Crippen molar-refractivity contribution in [3.63, 3.8) is 0 Å². The molecule has 1 amide bonds. The lowest BCUT2D eigenvalue weighted by atomic mass is 9.74. The van der Waals surface area contributed by atoms with Gasteiger partial charge < -0.3 is 15.0 Å². The number of rotatable bonds is 7. The summed E-state index contributed by atoms with van der Waals surface area (Å²) in [5, 5.41) is 3.08. The van der Waals surface area contributed by atoms with Crippen LogP contribution < -0.4 is 5.32 Å². The molecule has 1 saturated heterocycles. The molecule has 1 heterocycles. The van der Waals surface area contributed by atoms with Crippen molar-refractivity contribution in [2.24, 2.45) is 5.41 Å². The molecule has 156 valence electrons. The van der Waals surface area contributed by atoms with Crippen LogP contribution in [0.2, 0.25) is 0 Å². The quantitative estimate of drug-likeness (QED) is 0.769. The van der Waals surface area contributed by atoms with Gasteiger partial charge in [-0.25, -0.2) is 8.78 Å². The third kappa shape index (κ3) is 5.40. The second-order valence-electron chi connectivity index (χ2n) is 7.95. The second-order valence-corrected chi connectivity index (χ2v) is 7.95. The summed E-state index contributed by atoms with van der Waals surface area (Å²) in [6.07, 6.45) is 2.00. The standard InChI is InChI=1S/C23H28F2N2O2/c1-27(2)12-11-26-22(28)23(9-13-29-14-10-23)16-17-3-5-18(6-4-17)19-7-8-20(24)21(25)15-19/h3-8,15H,9-14,16H2,1-2H3,(H,26,28). The Morgan fingerprint density at radius 1 is 1.03 bits per heavy atom. The summed E-state index contributed by atoms with van der Waals surface area (Å²) in [4.78, 5) is 15.0. The monoisotopic (exact) mass is 402 g/mol. The van der Waals surface area contributed by atoms with Crippen LogP contribution in [0.15, 0.2) is 42.5 Å². The molecular weight excluding hydrogens is 374 g/mol. The summed E-state index contributed by atoms with van der Waals surface area (Å²) in [7, 11) is 3.95. The van der Waals surface area contributed by atoms with Crippen molar-refractivity contribution in [3.8, 4) is 11.1 Å². The number of nitrogens with one attached hydrogen (secondary N) is 1. The number of ether oxygens (including phenoxy) is 1. The molecule has 2 aromatic rings. The van der Waals surface area contributed by atoms with Gasteiger partial charge in [0.15, 0.2) is 11.6 Å². The second kappa shape index (κ2) is 9.46. The molecule has 0 spiro atoms. The molecule has 1 fully saturated rings. The molecule has 1 N–H and O–H groups in total. The van der Waals surface area contributed by atoms with E-state index in [4.69, 9.17) is 4.74 Å². The van der Waals surface area contributed by atoms with Crippen LogP contribution in [-0.4, -0.2) is 51.2 Å². The third-order valence-electron chi connectivity index (χ3n) is 5.53. The summed E-state index contributed by atoms with van der Waals surface area (Å²) in [5.41, 5.74) is 2.00. The number of nitrogens with zero attached hydrogens (tertiary/aromatic N) is 1. The molecule has 29 heavy (non-hydrogen) atoms. The molecule has 6 heteroatoms.